The fourth-order valence-electron chi connectivity index (χ4n) is 6.28. The van der Waals surface area contributed by atoms with Crippen LogP contribution in [-0.2, 0) is 11.3 Å². The molecule has 0 amide bonds. The van der Waals surface area contributed by atoms with E-state index in [4.69, 9.17) is 4.65 Å². The zero-order valence-corrected chi connectivity index (χ0v) is 24.2. The lowest BCUT2D eigenvalue weighted by Gasteiger charge is -2.32. The van der Waals surface area contributed by atoms with Gasteiger partial charge in [0.25, 0.3) is 0 Å². The summed E-state index contributed by atoms with van der Waals surface area (Å²) in [5, 5.41) is 3.00. The topological polar surface area (TPSA) is 9.23 Å². The van der Waals surface area contributed by atoms with Crippen molar-refractivity contribution in [2.75, 3.05) is 0 Å². The monoisotopic (exact) mass is 490 g/mol. The van der Waals surface area contributed by atoms with E-state index in [9.17, 15) is 0 Å². The summed E-state index contributed by atoms with van der Waals surface area (Å²) < 4.78 is 6.88. The molecule has 36 heavy (non-hydrogen) atoms. The molecule has 0 N–H and O–H groups in total. The van der Waals surface area contributed by atoms with E-state index in [-0.39, 0.29) is 6.92 Å². The fraction of sp³-hybridized carbons (Fsp3) is 0.273. The normalized spacial score (nSPS) is 11.6. The molecule has 0 saturated heterocycles. The molecule has 0 heterocycles. The van der Waals surface area contributed by atoms with Crippen LogP contribution in [0.15, 0.2) is 78.9 Å². The molecule has 4 aromatic rings. The summed E-state index contributed by atoms with van der Waals surface area (Å²) >= 11 is 0. The van der Waals surface area contributed by atoms with Gasteiger partial charge in [-0.15, -0.1) is 0 Å². The Hall–Kier alpha value is -2.88. The average Bonchev–Trinajstić information content (AvgIpc) is 2.80. The van der Waals surface area contributed by atoms with E-state index in [1.807, 2.05) is 0 Å². The minimum atomic E-state index is -2.04. The Morgan fingerprint density at radius 2 is 1.14 bits per heavy atom. The van der Waals surface area contributed by atoms with Crippen LogP contribution in [0.1, 0.15) is 38.9 Å². The average molecular weight is 491 g/mol. The molecule has 184 valence electrons. The number of hydrogen-bond acceptors (Lipinski definition) is 1. The first kappa shape index (κ1) is 26.2. The van der Waals surface area contributed by atoms with Crippen LogP contribution in [0.3, 0.4) is 0 Å². The minimum Gasteiger partial charge on any atom is -0.423 e. The van der Waals surface area contributed by atoms with Gasteiger partial charge >= 0.3 is 6.92 Å². The van der Waals surface area contributed by atoms with Gasteiger partial charge < -0.3 is 4.65 Å². The van der Waals surface area contributed by atoms with Crippen LogP contribution in [-0.4, -0.2) is 15.0 Å². The van der Waals surface area contributed by atoms with E-state index in [2.05, 4.69) is 133 Å². The van der Waals surface area contributed by atoms with Gasteiger partial charge in [0, 0.05) is 0 Å². The van der Waals surface area contributed by atoms with Crippen LogP contribution >= 0.6 is 0 Å². The zero-order valence-electron chi connectivity index (χ0n) is 23.2. The molecule has 0 aliphatic rings. The quantitative estimate of drug-likeness (QED) is 0.303. The third-order valence-corrected chi connectivity index (χ3v) is 11.3. The molecular formula is C33H39BOSi. The van der Waals surface area contributed by atoms with E-state index < -0.39 is 8.07 Å². The van der Waals surface area contributed by atoms with Crippen molar-refractivity contribution in [2.45, 2.75) is 61.2 Å². The maximum atomic E-state index is 6.88. The van der Waals surface area contributed by atoms with Crippen molar-refractivity contribution in [2.24, 2.45) is 0 Å². The zero-order chi connectivity index (χ0) is 26.0. The largest absolute Gasteiger partial charge is 0.423 e. The van der Waals surface area contributed by atoms with E-state index >= 15 is 0 Å². The molecule has 0 bridgehead atoms. The molecule has 0 aliphatic heterocycles. The standard InChI is InChI=1S/C33H39BOSi/c1-23-18-25(3)32(26(4)19-23)34(35-22-29-14-10-9-11-15-29)30-16-12-13-17-31(30)36(7,8)33-27(5)20-24(2)21-28(33)6/h9-21H,22H2,1-8H3. The van der Waals surface area contributed by atoms with Gasteiger partial charge in [-0.2, -0.15) is 0 Å². The van der Waals surface area contributed by atoms with Gasteiger partial charge in [-0.1, -0.05) is 131 Å². The highest BCUT2D eigenvalue weighted by atomic mass is 28.3. The predicted molar refractivity (Wildman–Crippen MR) is 161 cm³/mol. The molecule has 0 fully saturated rings. The highest BCUT2D eigenvalue weighted by Crippen LogP contribution is 2.16. The van der Waals surface area contributed by atoms with Crippen molar-refractivity contribution in [1.82, 2.24) is 0 Å². The molecule has 0 aromatic heterocycles. The Morgan fingerprint density at radius 1 is 0.639 bits per heavy atom. The Kier molecular flexibility index (Phi) is 7.73. The first-order valence-electron chi connectivity index (χ1n) is 13.0. The fourth-order valence-corrected chi connectivity index (χ4v) is 10.1. The van der Waals surface area contributed by atoms with Gasteiger partial charge in [0.2, 0.25) is 0 Å². The molecule has 0 unspecified atom stereocenters. The maximum absolute atomic E-state index is 6.88. The third-order valence-electron chi connectivity index (χ3n) is 7.48. The first-order valence-corrected chi connectivity index (χ1v) is 16.0. The summed E-state index contributed by atoms with van der Waals surface area (Å²) in [6, 6.07) is 28.8. The van der Waals surface area contributed by atoms with Gasteiger partial charge in [-0.25, -0.2) is 0 Å². The van der Waals surface area contributed by atoms with Crippen molar-refractivity contribution < 1.29 is 4.65 Å². The summed E-state index contributed by atoms with van der Waals surface area (Å²) in [6.07, 6.45) is 0. The summed E-state index contributed by atoms with van der Waals surface area (Å²) in [6.45, 7) is 18.9. The Bertz CT molecular complexity index is 1330. The molecule has 3 heteroatoms. The van der Waals surface area contributed by atoms with Gasteiger partial charge in [-0.05, 0) is 63.2 Å². The second-order valence-corrected chi connectivity index (χ2v) is 15.3. The van der Waals surface area contributed by atoms with Crippen molar-refractivity contribution in [1.29, 1.82) is 0 Å². The second-order valence-electron chi connectivity index (χ2n) is 11.0. The minimum absolute atomic E-state index is 0.125. The molecule has 0 aliphatic carbocycles. The van der Waals surface area contributed by atoms with Gasteiger partial charge in [0.05, 0.1) is 6.61 Å². The van der Waals surface area contributed by atoms with E-state index in [0.717, 1.165) is 0 Å². The summed E-state index contributed by atoms with van der Waals surface area (Å²) in [7, 11) is -2.04. The summed E-state index contributed by atoms with van der Waals surface area (Å²) in [4.78, 5) is 0. The van der Waals surface area contributed by atoms with Crippen LogP contribution in [0.2, 0.25) is 13.1 Å². The second kappa shape index (κ2) is 10.6. The van der Waals surface area contributed by atoms with Gasteiger partial charge in [-0.3, -0.25) is 0 Å². The summed E-state index contributed by atoms with van der Waals surface area (Å²) in [5.74, 6) is 0. The molecule has 0 atom stereocenters. The van der Waals surface area contributed by atoms with Gasteiger partial charge in [0.1, 0.15) is 8.07 Å². The van der Waals surface area contributed by atoms with Crippen molar-refractivity contribution >= 4 is 36.3 Å². The van der Waals surface area contributed by atoms with Crippen LogP contribution in [0.4, 0.5) is 0 Å². The Morgan fingerprint density at radius 3 is 1.72 bits per heavy atom. The Balaban J connectivity index is 1.90. The van der Waals surface area contributed by atoms with E-state index in [1.54, 1.807) is 5.19 Å². The molecule has 4 aromatic carbocycles. The maximum Gasteiger partial charge on any atom is 0.362 e. The van der Waals surface area contributed by atoms with Crippen LogP contribution in [0, 0.1) is 41.5 Å². The molecule has 0 spiro atoms. The summed E-state index contributed by atoms with van der Waals surface area (Å²) in [5.41, 5.74) is 11.8. The Labute approximate surface area is 219 Å². The molecule has 0 radical (unpaired) electrons. The van der Waals surface area contributed by atoms with Gasteiger partial charge in [0.15, 0.2) is 0 Å². The van der Waals surface area contributed by atoms with Crippen LogP contribution in [0.25, 0.3) is 0 Å². The molecule has 4 rings (SSSR count). The van der Waals surface area contributed by atoms with Crippen LogP contribution in [0.5, 0.6) is 0 Å². The lowest BCUT2D eigenvalue weighted by atomic mass is 9.52. The smallest absolute Gasteiger partial charge is 0.362 e. The van der Waals surface area contributed by atoms with Crippen molar-refractivity contribution in [3.63, 3.8) is 0 Å². The van der Waals surface area contributed by atoms with E-state index in [0.29, 0.717) is 6.61 Å². The highest BCUT2D eigenvalue weighted by molar-refractivity contribution is 7.04. The lowest BCUT2D eigenvalue weighted by molar-refractivity contribution is 0.321. The highest BCUT2D eigenvalue weighted by Gasteiger charge is 2.36. The van der Waals surface area contributed by atoms with Crippen molar-refractivity contribution in [3.05, 3.63) is 118 Å². The number of benzene rings is 4. The number of aryl methyl sites for hydroxylation is 6. The SMILES string of the molecule is Cc1cc(C)c(B(OCc2ccccc2)c2ccccc2[Si](C)(C)c2c(C)cc(C)cc2C)c(C)c1. The first-order chi connectivity index (χ1) is 17.1. The number of hydrogen-bond donors (Lipinski definition) is 0. The van der Waals surface area contributed by atoms with E-state index in [1.165, 1.54) is 55.1 Å². The molecular weight excluding hydrogens is 451 g/mol. The predicted octanol–water partition coefficient (Wildman–Crippen LogP) is 5.68. The molecule has 1 nitrogen and oxygen atoms in total. The van der Waals surface area contributed by atoms with Crippen molar-refractivity contribution in [3.8, 4) is 0 Å². The third kappa shape index (κ3) is 5.28. The van der Waals surface area contributed by atoms with Crippen LogP contribution < -0.4 is 21.3 Å². The lowest BCUT2D eigenvalue weighted by Crippen LogP contribution is -2.65. The number of rotatable bonds is 7. The molecule has 0 saturated carbocycles.